The molecule has 0 saturated carbocycles. The van der Waals surface area contributed by atoms with E-state index in [4.69, 9.17) is 4.74 Å². The molecular weight excluding hydrogens is 138 g/mol. The third-order valence-electron chi connectivity index (χ3n) is 2.72. The lowest BCUT2D eigenvalue weighted by Crippen LogP contribution is -2.43. The van der Waals surface area contributed by atoms with Crippen molar-refractivity contribution in [3.8, 4) is 0 Å². The Bertz CT molecular complexity index is 116. The molecule has 0 aromatic carbocycles. The predicted molar refractivity (Wildman–Crippen MR) is 46.7 cm³/mol. The zero-order valence-corrected chi connectivity index (χ0v) is 7.84. The Balaban J connectivity index is 2.37. The van der Waals surface area contributed by atoms with Crippen molar-refractivity contribution in [1.82, 2.24) is 4.90 Å². The summed E-state index contributed by atoms with van der Waals surface area (Å²) in [6, 6.07) is 0. The maximum absolute atomic E-state index is 5.39. The third kappa shape index (κ3) is 2.17. The van der Waals surface area contributed by atoms with Crippen LogP contribution in [0.25, 0.3) is 0 Å². The van der Waals surface area contributed by atoms with E-state index < -0.39 is 0 Å². The average Bonchev–Trinajstić information content (AvgIpc) is 2.05. The second kappa shape index (κ2) is 4.07. The Kier molecular flexibility index (Phi) is 3.34. The minimum Gasteiger partial charge on any atom is -0.380 e. The van der Waals surface area contributed by atoms with Crippen LogP contribution in [0.4, 0.5) is 0 Å². The van der Waals surface area contributed by atoms with Crippen LogP contribution in [0.1, 0.15) is 20.3 Å². The van der Waals surface area contributed by atoms with Crippen LogP contribution in [0.2, 0.25) is 0 Å². The van der Waals surface area contributed by atoms with Crippen molar-refractivity contribution in [2.45, 2.75) is 26.4 Å². The first kappa shape index (κ1) is 9.01. The molecule has 1 unspecified atom stereocenters. The molecule has 0 aromatic rings. The lowest BCUT2D eigenvalue weighted by atomic mass is 9.96. The Morgan fingerprint density at radius 1 is 1.55 bits per heavy atom. The molecule has 0 bridgehead atoms. The molecule has 66 valence electrons. The predicted octanol–water partition coefficient (Wildman–Crippen LogP) is 1.36. The molecule has 2 atom stereocenters. The van der Waals surface area contributed by atoms with Gasteiger partial charge in [-0.05, 0) is 25.4 Å². The molecule has 11 heavy (non-hydrogen) atoms. The lowest BCUT2D eigenvalue weighted by molar-refractivity contribution is -0.00318. The van der Waals surface area contributed by atoms with Crippen LogP contribution in [0, 0.1) is 5.92 Å². The van der Waals surface area contributed by atoms with Crippen molar-refractivity contribution in [2.24, 2.45) is 5.92 Å². The number of likely N-dealkylation sites (N-methyl/N-ethyl adjacent to an activating group) is 1. The molecule has 1 saturated heterocycles. The second-order valence-corrected chi connectivity index (χ2v) is 3.43. The fourth-order valence-electron chi connectivity index (χ4n) is 1.69. The summed E-state index contributed by atoms with van der Waals surface area (Å²) in [4.78, 5) is 2.45. The SMILES string of the molecule is CCN1CCC(C)[C@@H](OC)C1. The Labute approximate surface area is 69.5 Å². The number of rotatable bonds is 2. The Hall–Kier alpha value is -0.0800. The number of piperidine rings is 1. The van der Waals surface area contributed by atoms with Crippen LogP contribution in [-0.4, -0.2) is 37.7 Å². The highest BCUT2D eigenvalue weighted by molar-refractivity contribution is 4.77. The van der Waals surface area contributed by atoms with E-state index in [1.165, 1.54) is 13.0 Å². The molecule has 0 aromatic heterocycles. The van der Waals surface area contributed by atoms with E-state index in [0.717, 1.165) is 19.0 Å². The van der Waals surface area contributed by atoms with E-state index in [2.05, 4.69) is 18.7 Å². The average molecular weight is 157 g/mol. The summed E-state index contributed by atoms with van der Waals surface area (Å²) in [6.07, 6.45) is 1.75. The molecule has 2 heteroatoms. The standard InChI is InChI=1S/C9H19NO/c1-4-10-6-5-8(2)9(7-10)11-3/h8-9H,4-7H2,1-3H3/t8?,9-/m0/s1. The first-order valence-corrected chi connectivity index (χ1v) is 4.53. The van der Waals surface area contributed by atoms with E-state index in [9.17, 15) is 0 Å². The highest BCUT2D eigenvalue weighted by Gasteiger charge is 2.24. The summed E-state index contributed by atoms with van der Waals surface area (Å²) in [5.74, 6) is 0.739. The van der Waals surface area contributed by atoms with Crippen LogP contribution in [0.3, 0.4) is 0 Å². The fourth-order valence-corrected chi connectivity index (χ4v) is 1.69. The van der Waals surface area contributed by atoms with Crippen molar-refractivity contribution >= 4 is 0 Å². The smallest absolute Gasteiger partial charge is 0.0724 e. The van der Waals surface area contributed by atoms with E-state index in [1.54, 1.807) is 0 Å². The summed E-state index contributed by atoms with van der Waals surface area (Å²) in [5, 5.41) is 0. The van der Waals surface area contributed by atoms with Gasteiger partial charge in [0.2, 0.25) is 0 Å². The first-order chi connectivity index (χ1) is 5.27. The van der Waals surface area contributed by atoms with Gasteiger partial charge in [-0.15, -0.1) is 0 Å². The number of methoxy groups -OCH3 is 1. The molecule has 1 fully saturated rings. The summed E-state index contributed by atoms with van der Waals surface area (Å²) < 4.78 is 5.39. The van der Waals surface area contributed by atoms with Gasteiger partial charge in [-0.2, -0.15) is 0 Å². The molecule has 1 aliphatic rings. The highest BCUT2D eigenvalue weighted by atomic mass is 16.5. The van der Waals surface area contributed by atoms with Gasteiger partial charge in [0.25, 0.3) is 0 Å². The molecule has 0 spiro atoms. The normalized spacial score (nSPS) is 34.1. The molecule has 0 radical (unpaired) electrons. The molecule has 0 N–H and O–H groups in total. The molecule has 1 heterocycles. The van der Waals surface area contributed by atoms with Crippen LogP contribution in [0.5, 0.6) is 0 Å². The van der Waals surface area contributed by atoms with Crippen molar-refractivity contribution in [3.63, 3.8) is 0 Å². The number of hydrogen-bond acceptors (Lipinski definition) is 2. The van der Waals surface area contributed by atoms with Gasteiger partial charge in [0.1, 0.15) is 0 Å². The minimum absolute atomic E-state index is 0.462. The highest BCUT2D eigenvalue weighted by Crippen LogP contribution is 2.18. The molecule has 1 aliphatic heterocycles. The number of ether oxygens (including phenoxy) is 1. The van der Waals surface area contributed by atoms with E-state index in [-0.39, 0.29) is 0 Å². The largest absolute Gasteiger partial charge is 0.380 e. The lowest BCUT2D eigenvalue weighted by Gasteiger charge is -2.35. The van der Waals surface area contributed by atoms with Crippen molar-refractivity contribution in [2.75, 3.05) is 26.7 Å². The van der Waals surface area contributed by atoms with E-state index >= 15 is 0 Å². The molecule has 0 aliphatic carbocycles. The summed E-state index contributed by atoms with van der Waals surface area (Å²) in [7, 11) is 1.82. The number of likely N-dealkylation sites (tertiary alicyclic amines) is 1. The van der Waals surface area contributed by atoms with E-state index in [0.29, 0.717) is 6.10 Å². The zero-order chi connectivity index (χ0) is 8.27. The van der Waals surface area contributed by atoms with E-state index in [1.807, 2.05) is 7.11 Å². The topological polar surface area (TPSA) is 12.5 Å². The molecule has 0 amide bonds. The van der Waals surface area contributed by atoms with Gasteiger partial charge in [0.15, 0.2) is 0 Å². The Morgan fingerprint density at radius 3 is 2.82 bits per heavy atom. The quantitative estimate of drug-likeness (QED) is 0.600. The Morgan fingerprint density at radius 2 is 2.27 bits per heavy atom. The van der Waals surface area contributed by atoms with Gasteiger partial charge in [-0.25, -0.2) is 0 Å². The van der Waals surface area contributed by atoms with Crippen LogP contribution < -0.4 is 0 Å². The summed E-state index contributed by atoms with van der Waals surface area (Å²) in [6.45, 7) is 8.02. The van der Waals surface area contributed by atoms with Gasteiger partial charge in [0.05, 0.1) is 6.10 Å². The summed E-state index contributed by atoms with van der Waals surface area (Å²) in [5.41, 5.74) is 0. The zero-order valence-electron chi connectivity index (χ0n) is 7.84. The van der Waals surface area contributed by atoms with Crippen LogP contribution in [0.15, 0.2) is 0 Å². The van der Waals surface area contributed by atoms with Crippen molar-refractivity contribution < 1.29 is 4.74 Å². The third-order valence-corrected chi connectivity index (χ3v) is 2.72. The molecule has 1 rings (SSSR count). The first-order valence-electron chi connectivity index (χ1n) is 4.53. The van der Waals surface area contributed by atoms with Gasteiger partial charge in [-0.3, -0.25) is 0 Å². The molecular formula is C9H19NO. The summed E-state index contributed by atoms with van der Waals surface area (Å²) >= 11 is 0. The van der Waals surface area contributed by atoms with Crippen LogP contribution >= 0.6 is 0 Å². The van der Waals surface area contributed by atoms with Crippen molar-refractivity contribution in [3.05, 3.63) is 0 Å². The van der Waals surface area contributed by atoms with Gasteiger partial charge in [0, 0.05) is 13.7 Å². The number of nitrogens with zero attached hydrogens (tertiary/aromatic N) is 1. The maximum atomic E-state index is 5.39. The van der Waals surface area contributed by atoms with Crippen molar-refractivity contribution in [1.29, 1.82) is 0 Å². The number of hydrogen-bond donors (Lipinski definition) is 0. The van der Waals surface area contributed by atoms with Gasteiger partial charge in [-0.1, -0.05) is 13.8 Å². The fraction of sp³-hybridized carbons (Fsp3) is 1.00. The minimum atomic E-state index is 0.462. The monoisotopic (exact) mass is 157 g/mol. The van der Waals surface area contributed by atoms with Crippen LogP contribution in [-0.2, 0) is 4.74 Å². The van der Waals surface area contributed by atoms with Gasteiger partial charge >= 0.3 is 0 Å². The van der Waals surface area contributed by atoms with Gasteiger partial charge < -0.3 is 9.64 Å². The maximum Gasteiger partial charge on any atom is 0.0724 e. The second-order valence-electron chi connectivity index (χ2n) is 3.43. The molecule has 2 nitrogen and oxygen atoms in total.